The minimum absolute atomic E-state index is 0.140. The van der Waals surface area contributed by atoms with E-state index in [1.807, 2.05) is 6.92 Å². The minimum Gasteiger partial charge on any atom is -0.263 e. The Hall–Kier alpha value is -0.870. The Kier molecular flexibility index (Phi) is 4.40. The zero-order chi connectivity index (χ0) is 13.0. The van der Waals surface area contributed by atoms with Crippen LogP contribution in [0, 0.1) is 6.92 Å². The van der Waals surface area contributed by atoms with E-state index in [2.05, 4.69) is 0 Å². The fraction of sp³-hybridized carbons (Fsp3) is 0.571. The quantitative estimate of drug-likeness (QED) is 0.623. The summed E-state index contributed by atoms with van der Waals surface area (Å²) in [6.45, 7) is 1.93. The maximum atomic E-state index is 12.1. The molecule has 0 radical (unpaired) electrons. The summed E-state index contributed by atoms with van der Waals surface area (Å²) in [5.41, 5.74) is 1.04. The van der Waals surface area contributed by atoms with Gasteiger partial charge in [-0.05, 0) is 31.9 Å². The molecule has 0 N–H and O–H groups in total. The van der Waals surface area contributed by atoms with Gasteiger partial charge in [-0.1, -0.05) is 43.4 Å². The van der Waals surface area contributed by atoms with Crippen molar-refractivity contribution in [3.63, 3.8) is 0 Å². The molecule has 1 fully saturated rings. The maximum absolute atomic E-state index is 12.1. The lowest BCUT2D eigenvalue weighted by Gasteiger charge is -2.15. The van der Waals surface area contributed by atoms with E-state index in [1.165, 1.54) is 12.8 Å². The lowest BCUT2D eigenvalue weighted by Crippen LogP contribution is -2.18. The fourth-order valence-corrected chi connectivity index (χ4v) is 3.41. The van der Waals surface area contributed by atoms with E-state index in [1.54, 1.807) is 24.3 Å². The van der Waals surface area contributed by atoms with Gasteiger partial charge in [-0.25, -0.2) is 0 Å². The molecule has 0 amide bonds. The Labute approximate surface area is 109 Å². The Morgan fingerprint density at radius 2 is 1.56 bits per heavy atom. The number of hydrogen-bond acceptors (Lipinski definition) is 3. The molecule has 0 heterocycles. The summed E-state index contributed by atoms with van der Waals surface area (Å²) >= 11 is 0. The smallest absolute Gasteiger partial charge is 0.263 e. The summed E-state index contributed by atoms with van der Waals surface area (Å²) in [7, 11) is -3.59. The SMILES string of the molecule is Cc1ccc(S(=O)(=O)OC2CCCCCC2)cc1. The zero-order valence-corrected chi connectivity index (χ0v) is 11.6. The van der Waals surface area contributed by atoms with Crippen LogP contribution in [0.15, 0.2) is 29.2 Å². The first kappa shape index (κ1) is 13.6. The highest BCUT2D eigenvalue weighted by molar-refractivity contribution is 7.86. The van der Waals surface area contributed by atoms with E-state index in [0.717, 1.165) is 31.2 Å². The summed E-state index contributed by atoms with van der Waals surface area (Å²) in [5.74, 6) is 0. The van der Waals surface area contributed by atoms with Gasteiger partial charge in [-0.15, -0.1) is 0 Å². The molecule has 0 bridgehead atoms. The van der Waals surface area contributed by atoms with E-state index in [4.69, 9.17) is 4.18 Å². The average molecular weight is 268 g/mol. The van der Waals surface area contributed by atoms with Gasteiger partial charge in [0.15, 0.2) is 0 Å². The third-order valence-electron chi connectivity index (χ3n) is 3.37. The average Bonchev–Trinajstić information content (AvgIpc) is 2.57. The molecule has 0 spiro atoms. The standard InChI is InChI=1S/C14H20O3S/c1-12-8-10-14(11-9-12)18(15,16)17-13-6-4-2-3-5-7-13/h8-11,13H,2-7H2,1H3. The molecule has 3 nitrogen and oxygen atoms in total. The van der Waals surface area contributed by atoms with Gasteiger partial charge in [0.1, 0.15) is 0 Å². The number of hydrogen-bond donors (Lipinski definition) is 0. The van der Waals surface area contributed by atoms with Crippen LogP contribution in [0.1, 0.15) is 44.1 Å². The van der Waals surface area contributed by atoms with Crippen molar-refractivity contribution < 1.29 is 12.6 Å². The van der Waals surface area contributed by atoms with Crippen LogP contribution < -0.4 is 0 Å². The molecule has 1 aromatic carbocycles. The third-order valence-corrected chi connectivity index (χ3v) is 4.75. The second-order valence-corrected chi connectivity index (χ2v) is 6.55. The summed E-state index contributed by atoms with van der Waals surface area (Å²) in [6.07, 6.45) is 6.06. The van der Waals surface area contributed by atoms with Crippen molar-refractivity contribution in [2.75, 3.05) is 0 Å². The van der Waals surface area contributed by atoms with E-state index in [-0.39, 0.29) is 11.0 Å². The van der Waals surface area contributed by atoms with Gasteiger partial charge in [0.05, 0.1) is 11.0 Å². The lowest BCUT2D eigenvalue weighted by molar-refractivity contribution is 0.191. The van der Waals surface area contributed by atoms with E-state index < -0.39 is 10.1 Å². The highest BCUT2D eigenvalue weighted by Crippen LogP contribution is 2.24. The number of rotatable bonds is 3. The fourth-order valence-electron chi connectivity index (χ4n) is 2.28. The van der Waals surface area contributed by atoms with Gasteiger partial charge in [0.2, 0.25) is 0 Å². The van der Waals surface area contributed by atoms with Crippen LogP contribution in [-0.2, 0) is 14.3 Å². The largest absolute Gasteiger partial charge is 0.297 e. The predicted octanol–water partition coefficient (Wildman–Crippen LogP) is 3.42. The zero-order valence-electron chi connectivity index (χ0n) is 10.8. The van der Waals surface area contributed by atoms with Crippen LogP contribution in [-0.4, -0.2) is 14.5 Å². The Morgan fingerprint density at radius 3 is 2.11 bits per heavy atom. The second-order valence-electron chi connectivity index (χ2n) is 4.98. The van der Waals surface area contributed by atoms with Crippen LogP contribution in [0.2, 0.25) is 0 Å². The van der Waals surface area contributed by atoms with E-state index in [0.29, 0.717) is 0 Å². The summed E-state index contributed by atoms with van der Waals surface area (Å²) in [6, 6.07) is 6.81. The highest BCUT2D eigenvalue weighted by Gasteiger charge is 2.22. The van der Waals surface area contributed by atoms with Crippen LogP contribution in [0.3, 0.4) is 0 Å². The Balaban J connectivity index is 2.08. The van der Waals surface area contributed by atoms with Crippen molar-refractivity contribution in [2.24, 2.45) is 0 Å². The van der Waals surface area contributed by atoms with Gasteiger partial charge in [-0.3, -0.25) is 4.18 Å². The van der Waals surface area contributed by atoms with Gasteiger partial charge in [0, 0.05) is 0 Å². The van der Waals surface area contributed by atoms with E-state index >= 15 is 0 Å². The molecule has 100 valence electrons. The van der Waals surface area contributed by atoms with Crippen LogP contribution >= 0.6 is 0 Å². The van der Waals surface area contributed by atoms with Crippen molar-refractivity contribution in [1.29, 1.82) is 0 Å². The van der Waals surface area contributed by atoms with Gasteiger partial charge >= 0.3 is 0 Å². The molecule has 1 saturated carbocycles. The molecular weight excluding hydrogens is 248 g/mol. The van der Waals surface area contributed by atoms with Gasteiger partial charge in [-0.2, -0.15) is 8.42 Å². The van der Waals surface area contributed by atoms with Gasteiger partial charge in [0.25, 0.3) is 10.1 Å². The molecule has 1 aliphatic rings. The molecule has 0 atom stereocenters. The van der Waals surface area contributed by atoms with E-state index in [9.17, 15) is 8.42 Å². The summed E-state index contributed by atoms with van der Waals surface area (Å²) in [4.78, 5) is 0.261. The third kappa shape index (κ3) is 3.56. The first-order valence-electron chi connectivity index (χ1n) is 6.58. The topological polar surface area (TPSA) is 43.4 Å². The van der Waals surface area contributed by atoms with Crippen LogP contribution in [0.25, 0.3) is 0 Å². The maximum Gasteiger partial charge on any atom is 0.297 e. The van der Waals surface area contributed by atoms with Gasteiger partial charge < -0.3 is 0 Å². The summed E-state index contributed by atoms with van der Waals surface area (Å²) in [5, 5.41) is 0. The number of aryl methyl sites for hydroxylation is 1. The lowest BCUT2D eigenvalue weighted by atomic mass is 10.2. The molecule has 4 heteroatoms. The van der Waals surface area contributed by atoms with Crippen LogP contribution in [0.5, 0.6) is 0 Å². The molecule has 1 aromatic rings. The molecule has 0 aliphatic heterocycles. The monoisotopic (exact) mass is 268 g/mol. The number of benzene rings is 1. The molecule has 18 heavy (non-hydrogen) atoms. The molecule has 0 aromatic heterocycles. The van der Waals surface area contributed by atoms with Crippen molar-refractivity contribution in [2.45, 2.75) is 56.4 Å². The Morgan fingerprint density at radius 1 is 1.00 bits per heavy atom. The van der Waals surface area contributed by atoms with Crippen molar-refractivity contribution in [3.8, 4) is 0 Å². The molecule has 0 unspecified atom stereocenters. The highest BCUT2D eigenvalue weighted by atomic mass is 32.2. The van der Waals surface area contributed by atoms with Crippen molar-refractivity contribution in [1.82, 2.24) is 0 Å². The predicted molar refractivity (Wildman–Crippen MR) is 70.9 cm³/mol. The molecule has 2 rings (SSSR count). The first-order chi connectivity index (χ1) is 8.58. The second kappa shape index (κ2) is 5.85. The van der Waals surface area contributed by atoms with Crippen LogP contribution in [0.4, 0.5) is 0 Å². The van der Waals surface area contributed by atoms with Crippen molar-refractivity contribution in [3.05, 3.63) is 29.8 Å². The Bertz CT molecular complexity index is 468. The first-order valence-corrected chi connectivity index (χ1v) is 7.99. The minimum atomic E-state index is -3.59. The molecule has 1 aliphatic carbocycles. The molecule has 0 saturated heterocycles. The van der Waals surface area contributed by atoms with Crippen molar-refractivity contribution >= 4 is 10.1 Å². The summed E-state index contributed by atoms with van der Waals surface area (Å²) < 4.78 is 29.6. The normalized spacial score (nSPS) is 18.5. The molecular formula is C14H20O3S.